The van der Waals surface area contributed by atoms with Gasteiger partial charge in [0.15, 0.2) is 0 Å². The van der Waals surface area contributed by atoms with Gasteiger partial charge in [-0.05, 0) is 49.8 Å². The van der Waals surface area contributed by atoms with Gasteiger partial charge in [-0.25, -0.2) is 4.98 Å². The Morgan fingerprint density at radius 1 is 1.03 bits per heavy atom. The van der Waals surface area contributed by atoms with Gasteiger partial charge in [-0.15, -0.1) is 0 Å². The Labute approximate surface area is 195 Å². The monoisotopic (exact) mass is 456 g/mol. The van der Waals surface area contributed by atoms with E-state index in [2.05, 4.69) is 36.2 Å². The van der Waals surface area contributed by atoms with Crippen LogP contribution in [0.1, 0.15) is 62.3 Å². The number of rotatable bonds is 4. The van der Waals surface area contributed by atoms with Crippen LogP contribution in [-0.4, -0.2) is 51.6 Å². The minimum absolute atomic E-state index is 0.0723. The van der Waals surface area contributed by atoms with Crippen molar-refractivity contribution < 1.29 is 9.90 Å². The molecule has 0 saturated heterocycles. The number of anilines is 2. The highest BCUT2D eigenvalue weighted by atomic mass is 16.3. The Balaban J connectivity index is 1.64. The van der Waals surface area contributed by atoms with E-state index in [9.17, 15) is 9.90 Å². The first-order chi connectivity index (χ1) is 16.1. The number of hydrogen-bond donors (Lipinski definition) is 6. The lowest BCUT2D eigenvalue weighted by Gasteiger charge is -2.18. The zero-order valence-corrected chi connectivity index (χ0v) is 19.1. The predicted octanol–water partition coefficient (Wildman–Crippen LogP) is 1.66. The van der Waals surface area contributed by atoms with Gasteiger partial charge in [0.1, 0.15) is 12.0 Å². The van der Waals surface area contributed by atoms with Gasteiger partial charge in [-0.2, -0.15) is 4.98 Å². The molecule has 2 bridgehead atoms. The van der Waals surface area contributed by atoms with Gasteiger partial charge in [0.2, 0.25) is 11.9 Å². The molecule has 1 aliphatic heterocycles. The second-order valence-electron chi connectivity index (χ2n) is 8.30. The predicted molar refractivity (Wildman–Crippen MR) is 128 cm³/mol. The molecule has 2 unspecified atom stereocenters. The third-order valence-corrected chi connectivity index (χ3v) is 5.62. The summed E-state index contributed by atoms with van der Waals surface area (Å²) in [5.41, 5.74) is 7.62. The van der Waals surface area contributed by atoms with E-state index >= 15 is 0 Å². The highest BCUT2D eigenvalue weighted by Gasteiger charge is 2.16. The van der Waals surface area contributed by atoms with Crippen LogP contribution in [-0.2, 0) is 11.3 Å². The van der Waals surface area contributed by atoms with E-state index in [-0.39, 0.29) is 5.91 Å². The highest BCUT2D eigenvalue weighted by molar-refractivity contribution is 5.81. The van der Waals surface area contributed by atoms with Gasteiger partial charge in [-0.1, -0.05) is 12.8 Å². The summed E-state index contributed by atoms with van der Waals surface area (Å²) in [5, 5.41) is 23.4. The number of aliphatic hydroxyl groups is 1. The van der Waals surface area contributed by atoms with Crippen LogP contribution in [0.2, 0.25) is 0 Å². The number of carbonyl (C=O) groups excluding carboxylic acids is 1. The second-order valence-corrected chi connectivity index (χ2v) is 8.30. The highest BCUT2D eigenvalue weighted by Crippen LogP contribution is 2.21. The summed E-state index contributed by atoms with van der Waals surface area (Å²) in [6.45, 7) is 2.57. The third-order valence-electron chi connectivity index (χ3n) is 5.62. The molecule has 33 heavy (non-hydrogen) atoms. The fraction of sp³-hybridized carbons (Fsp3) is 0.565. The maximum atomic E-state index is 12.1. The normalized spacial score (nSPS) is 19.8. The number of pyridine rings is 1. The topological polar surface area (TPSA) is 150 Å². The van der Waals surface area contributed by atoms with Gasteiger partial charge >= 0.3 is 0 Å². The molecule has 3 heterocycles. The fourth-order valence-electron chi connectivity index (χ4n) is 3.62. The molecule has 2 aromatic rings. The Morgan fingerprint density at radius 3 is 2.52 bits per heavy atom. The smallest absolute Gasteiger partial charge is 0.236 e. The number of fused-ring (bicyclic) bond motifs is 2. The molecule has 180 valence electrons. The summed E-state index contributed by atoms with van der Waals surface area (Å²) in [6.07, 6.45) is 10.5. The molecule has 0 fully saturated rings. The summed E-state index contributed by atoms with van der Waals surface area (Å²) in [4.78, 5) is 25.1. The maximum Gasteiger partial charge on any atom is 0.236 e. The van der Waals surface area contributed by atoms with Crippen LogP contribution in [0.25, 0.3) is 0 Å². The Bertz CT molecular complexity index is 852. The van der Waals surface area contributed by atoms with Crippen LogP contribution in [0.5, 0.6) is 0 Å². The Hall–Kier alpha value is -2.82. The molecule has 10 heteroatoms. The van der Waals surface area contributed by atoms with E-state index in [0.29, 0.717) is 43.4 Å². The van der Waals surface area contributed by atoms with Gasteiger partial charge in [0.05, 0.1) is 11.6 Å². The van der Waals surface area contributed by atoms with Crippen LogP contribution in [0.15, 0.2) is 30.7 Å². The van der Waals surface area contributed by atoms with Crippen LogP contribution >= 0.6 is 0 Å². The van der Waals surface area contributed by atoms with E-state index in [1.54, 1.807) is 18.6 Å². The molecule has 0 aliphatic carbocycles. The van der Waals surface area contributed by atoms with Crippen molar-refractivity contribution >= 4 is 17.7 Å². The summed E-state index contributed by atoms with van der Waals surface area (Å²) in [6, 6.07) is 3.31. The third kappa shape index (κ3) is 8.56. The minimum atomic E-state index is -0.926. The van der Waals surface area contributed by atoms with Crippen molar-refractivity contribution in [2.45, 2.75) is 63.8 Å². The molecule has 7 N–H and O–H groups in total. The average Bonchev–Trinajstić information content (AvgIpc) is 2.84. The molecule has 0 radical (unpaired) electrons. The first-order valence-corrected chi connectivity index (χ1v) is 11.8. The number of nitrogens with two attached hydrogens (primary N) is 1. The quantitative estimate of drug-likeness (QED) is 0.378. The fourth-order valence-corrected chi connectivity index (χ4v) is 3.62. The number of aromatic nitrogens is 3. The number of carbonyl (C=O) groups is 1. The molecule has 2 aromatic heterocycles. The largest absolute Gasteiger partial charge is 0.374 e. The van der Waals surface area contributed by atoms with E-state index in [0.717, 1.165) is 50.6 Å². The lowest BCUT2D eigenvalue weighted by molar-refractivity contribution is -0.122. The molecular weight excluding hydrogens is 420 g/mol. The lowest BCUT2D eigenvalue weighted by atomic mass is 10.1. The molecule has 0 spiro atoms. The molecular formula is C23H36N8O2. The molecule has 3 rings (SSSR count). The summed E-state index contributed by atoms with van der Waals surface area (Å²) in [7, 11) is 0. The second kappa shape index (κ2) is 13.7. The van der Waals surface area contributed by atoms with Crippen molar-refractivity contribution in [1.82, 2.24) is 25.6 Å². The van der Waals surface area contributed by atoms with Gasteiger partial charge in [0, 0.05) is 44.8 Å². The van der Waals surface area contributed by atoms with Gasteiger partial charge in [0.25, 0.3) is 0 Å². The first-order valence-electron chi connectivity index (χ1n) is 11.8. The van der Waals surface area contributed by atoms with Crippen LogP contribution in [0, 0.1) is 0 Å². The number of nitrogens with one attached hydrogen (secondary N) is 4. The van der Waals surface area contributed by atoms with E-state index in [1.165, 1.54) is 0 Å². The molecule has 2 atom stereocenters. The Morgan fingerprint density at radius 2 is 1.73 bits per heavy atom. The SMILES string of the molecule is NC1CCCCNc2nc(ncc2C(O)NCc2ccncc2)NCCCCCCNC1=O. The zero-order valence-electron chi connectivity index (χ0n) is 19.1. The number of nitrogens with zero attached hydrogens (tertiary/aromatic N) is 3. The number of aliphatic hydroxyl groups excluding tert-OH is 1. The van der Waals surface area contributed by atoms with E-state index in [4.69, 9.17) is 5.73 Å². The molecule has 1 aliphatic rings. The van der Waals surface area contributed by atoms with Crippen LogP contribution < -0.4 is 27.0 Å². The molecule has 1 amide bonds. The summed E-state index contributed by atoms with van der Waals surface area (Å²) in [5.74, 6) is 1.06. The lowest BCUT2D eigenvalue weighted by Crippen LogP contribution is -2.40. The van der Waals surface area contributed by atoms with Crippen molar-refractivity contribution in [2.24, 2.45) is 5.73 Å². The Kier molecular flexibility index (Phi) is 10.3. The zero-order chi connectivity index (χ0) is 23.3. The minimum Gasteiger partial charge on any atom is -0.374 e. The molecule has 10 nitrogen and oxygen atoms in total. The number of amides is 1. The standard InChI is InChI=1S/C23H36N8O2/c24-19-7-3-6-10-26-20-18(21(32)29-15-17-8-13-25-14-9-17)16-30-23(31-20)28-12-5-2-1-4-11-27-22(19)33/h8-9,13-14,16,19,21,29,32H,1-7,10-12,15,24H2,(H,27,33)(H2,26,28,30,31). The van der Waals surface area contributed by atoms with Crippen molar-refractivity contribution in [2.75, 3.05) is 30.3 Å². The summed E-state index contributed by atoms with van der Waals surface area (Å²) >= 11 is 0. The molecule has 0 aromatic carbocycles. The van der Waals surface area contributed by atoms with Crippen molar-refractivity contribution in [3.05, 3.63) is 41.9 Å². The van der Waals surface area contributed by atoms with Crippen molar-refractivity contribution in [1.29, 1.82) is 0 Å². The summed E-state index contributed by atoms with van der Waals surface area (Å²) < 4.78 is 0. The maximum absolute atomic E-state index is 12.1. The van der Waals surface area contributed by atoms with Crippen molar-refractivity contribution in [3.8, 4) is 0 Å². The first kappa shape index (κ1) is 24.8. The van der Waals surface area contributed by atoms with E-state index < -0.39 is 12.3 Å². The van der Waals surface area contributed by atoms with Gasteiger partial charge in [-0.3, -0.25) is 15.1 Å². The molecule has 0 saturated carbocycles. The number of hydrogen-bond acceptors (Lipinski definition) is 9. The van der Waals surface area contributed by atoms with Crippen LogP contribution in [0.3, 0.4) is 0 Å². The average molecular weight is 457 g/mol. The van der Waals surface area contributed by atoms with Gasteiger partial charge < -0.3 is 26.8 Å². The van der Waals surface area contributed by atoms with E-state index in [1.807, 2.05) is 12.1 Å². The van der Waals surface area contributed by atoms with Crippen molar-refractivity contribution in [3.63, 3.8) is 0 Å². The van der Waals surface area contributed by atoms with Crippen LogP contribution in [0.4, 0.5) is 11.8 Å².